The summed E-state index contributed by atoms with van der Waals surface area (Å²) >= 11 is 0. The maximum atomic E-state index is 12.4. The van der Waals surface area contributed by atoms with Crippen molar-refractivity contribution in [2.75, 3.05) is 6.79 Å². The Balaban J connectivity index is 1.89. The number of aryl methyl sites for hydroxylation is 2. The lowest BCUT2D eigenvalue weighted by Crippen LogP contribution is -2.19. The fourth-order valence-corrected chi connectivity index (χ4v) is 3.54. The molecule has 9 nitrogen and oxygen atoms in total. The van der Waals surface area contributed by atoms with E-state index in [0.717, 1.165) is 11.8 Å². The second kappa shape index (κ2) is 6.64. The predicted octanol–water partition coefficient (Wildman–Crippen LogP) is 2.25. The van der Waals surface area contributed by atoms with Crippen LogP contribution in [0.15, 0.2) is 40.3 Å². The summed E-state index contributed by atoms with van der Waals surface area (Å²) in [7, 11) is -3.90. The van der Waals surface area contributed by atoms with Crippen molar-refractivity contribution in [3.63, 3.8) is 0 Å². The van der Waals surface area contributed by atoms with Gasteiger partial charge in [-0.2, -0.15) is 13.5 Å². The second-order valence-corrected chi connectivity index (χ2v) is 7.27. The summed E-state index contributed by atoms with van der Waals surface area (Å²) in [6.07, 6.45) is 1.06. The Morgan fingerprint density at radius 1 is 1.19 bits per heavy atom. The van der Waals surface area contributed by atoms with E-state index in [9.17, 15) is 18.5 Å². The highest BCUT2D eigenvalue weighted by Crippen LogP contribution is 2.37. The van der Waals surface area contributed by atoms with E-state index in [1.54, 1.807) is 26.0 Å². The average Bonchev–Trinajstić information content (AvgIpc) is 3.03. The Morgan fingerprint density at radius 3 is 2.58 bits per heavy atom. The van der Waals surface area contributed by atoms with Crippen LogP contribution in [0.2, 0.25) is 0 Å². The zero-order valence-electron chi connectivity index (χ0n) is 13.9. The van der Waals surface area contributed by atoms with Crippen molar-refractivity contribution >= 4 is 21.9 Å². The molecule has 0 saturated carbocycles. The molecule has 1 heterocycles. The SMILES string of the molecule is Cc1ccc(C)c(S(=O)(=O)N/N=C\c2cc3c(cc2[N+](=O)[O-])OCO3)c1. The summed E-state index contributed by atoms with van der Waals surface area (Å²) in [6.45, 7) is 3.41. The van der Waals surface area contributed by atoms with E-state index in [4.69, 9.17) is 9.47 Å². The summed E-state index contributed by atoms with van der Waals surface area (Å²) in [6, 6.07) is 7.60. The van der Waals surface area contributed by atoms with Crippen LogP contribution in [0.4, 0.5) is 5.69 Å². The van der Waals surface area contributed by atoms with Crippen LogP contribution in [0.25, 0.3) is 0 Å². The van der Waals surface area contributed by atoms with E-state index in [0.29, 0.717) is 11.3 Å². The average molecular weight is 377 g/mol. The molecule has 0 fully saturated rings. The molecule has 0 atom stereocenters. The maximum absolute atomic E-state index is 12.4. The molecule has 3 rings (SSSR count). The maximum Gasteiger partial charge on any atom is 0.282 e. The number of nitro benzene ring substituents is 1. The quantitative estimate of drug-likeness (QED) is 0.485. The summed E-state index contributed by atoms with van der Waals surface area (Å²) < 4.78 is 35.1. The predicted molar refractivity (Wildman–Crippen MR) is 93.1 cm³/mol. The highest BCUT2D eigenvalue weighted by atomic mass is 32.2. The van der Waals surface area contributed by atoms with Gasteiger partial charge in [0.2, 0.25) is 6.79 Å². The van der Waals surface area contributed by atoms with E-state index in [1.165, 1.54) is 18.2 Å². The van der Waals surface area contributed by atoms with Crippen molar-refractivity contribution in [2.45, 2.75) is 18.7 Å². The number of fused-ring (bicyclic) bond motifs is 1. The number of ether oxygens (including phenoxy) is 2. The number of benzene rings is 2. The van der Waals surface area contributed by atoms with Crippen LogP contribution in [0.3, 0.4) is 0 Å². The Labute approximate surface area is 149 Å². The van der Waals surface area contributed by atoms with Crippen LogP contribution < -0.4 is 14.3 Å². The summed E-state index contributed by atoms with van der Waals surface area (Å²) in [5.74, 6) is 0.583. The molecule has 1 aliphatic rings. The molecule has 0 unspecified atom stereocenters. The molecule has 0 spiro atoms. The number of hydrogen-bond donors (Lipinski definition) is 1. The standard InChI is InChI=1S/C16H15N3O6S/c1-10-3-4-11(2)16(5-10)26(22,23)18-17-8-12-6-14-15(25-9-24-14)7-13(12)19(20)21/h3-8,18H,9H2,1-2H3/b17-8-. The minimum absolute atomic E-state index is 0.0354. The van der Waals surface area contributed by atoms with E-state index < -0.39 is 14.9 Å². The van der Waals surface area contributed by atoms with Gasteiger partial charge in [0.1, 0.15) is 0 Å². The largest absolute Gasteiger partial charge is 0.454 e. The number of nitrogens with zero attached hydrogens (tertiary/aromatic N) is 2. The molecule has 0 saturated heterocycles. The Hall–Kier alpha value is -3.14. The second-order valence-electron chi connectivity index (χ2n) is 5.64. The summed E-state index contributed by atoms with van der Waals surface area (Å²) in [4.78, 5) is 12.8. The van der Waals surface area contributed by atoms with Crippen LogP contribution in [0.1, 0.15) is 16.7 Å². The van der Waals surface area contributed by atoms with Crippen LogP contribution in [-0.4, -0.2) is 26.3 Å². The minimum atomic E-state index is -3.90. The van der Waals surface area contributed by atoms with E-state index in [1.807, 2.05) is 0 Å². The number of hydrazone groups is 1. The molecule has 10 heteroatoms. The fourth-order valence-electron chi connectivity index (χ4n) is 2.42. The van der Waals surface area contributed by atoms with Crippen molar-refractivity contribution in [3.8, 4) is 11.5 Å². The molecule has 0 aliphatic carbocycles. The van der Waals surface area contributed by atoms with E-state index >= 15 is 0 Å². The topological polar surface area (TPSA) is 120 Å². The van der Waals surface area contributed by atoms with Crippen LogP contribution in [-0.2, 0) is 10.0 Å². The van der Waals surface area contributed by atoms with Crippen LogP contribution in [0.5, 0.6) is 11.5 Å². The number of nitrogens with one attached hydrogen (secondary N) is 1. The third kappa shape index (κ3) is 3.45. The lowest BCUT2D eigenvalue weighted by Gasteiger charge is -2.07. The number of rotatable bonds is 5. The zero-order chi connectivity index (χ0) is 18.9. The Kier molecular flexibility index (Phi) is 4.51. The van der Waals surface area contributed by atoms with E-state index in [-0.39, 0.29) is 28.7 Å². The first-order valence-corrected chi connectivity index (χ1v) is 8.96. The van der Waals surface area contributed by atoms with Crippen molar-refractivity contribution in [3.05, 3.63) is 57.1 Å². The van der Waals surface area contributed by atoms with Gasteiger partial charge in [-0.25, -0.2) is 4.83 Å². The van der Waals surface area contributed by atoms with Gasteiger partial charge >= 0.3 is 0 Å². The third-order valence-corrected chi connectivity index (χ3v) is 5.09. The van der Waals surface area contributed by atoms with Gasteiger partial charge in [0.05, 0.1) is 27.7 Å². The molecule has 0 aromatic heterocycles. The number of hydrogen-bond acceptors (Lipinski definition) is 7. The fraction of sp³-hybridized carbons (Fsp3) is 0.188. The van der Waals surface area contributed by atoms with Crippen LogP contribution in [0, 0.1) is 24.0 Å². The van der Waals surface area contributed by atoms with E-state index in [2.05, 4.69) is 9.93 Å². The zero-order valence-corrected chi connectivity index (χ0v) is 14.7. The highest BCUT2D eigenvalue weighted by molar-refractivity contribution is 7.89. The molecule has 136 valence electrons. The number of nitro groups is 1. The third-order valence-electron chi connectivity index (χ3n) is 3.73. The van der Waals surface area contributed by atoms with Crippen molar-refractivity contribution in [1.82, 2.24) is 4.83 Å². The Bertz CT molecular complexity index is 1020. The molecule has 0 radical (unpaired) electrons. The number of sulfonamides is 1. The molecular formula is C16H15N3O6S. The van der Waals surface area contributed by atoms with Gasteiger partial charge in [0.25, 0.3) is 15.7 Å². The van der Waals surface area contributed by atoms with Gasteiger partial charge in [-0.3, -0.25) is 10.1 Å². The van der Waals surface area contributed by atoms with Gasteiger partial charge in [-0.05, 0) is 37.1 Å². The van der Waals surface area contributed by atoms with Gasteiger partial charge in [0.15, 0.2) is 11.5 Å². The van der Waals surface area contributed by atoms with Gasteiger partial charge < -0.3 is 9.47 Å². The first-order valence-electron chi connectivity index (χ1n) is 7.48. The lowest BCUT2D eigenvalue weighted by molar-refractivity contribution is -0.385. The van der Waals surface area contributed by atoms with Crippen molar-refractivity contribution in [2.24, 2.45) is 5.10 Å². The molecule has 2 aromatic rings. The minimum Gasteiger partial charge on any atom is -0.454 e. The monoisotopic (exact) mass is 377 g/mol. The van der Waals surface area contributed by atoms with Gasteiger partial charge in [-0.1, -0.05) is 12.1 Å². The first-order chi connectivity index (χ1) is 12.3. The molecule has 1 N–H and O–H groups in total. The van der Waals surface area contributed by atoms with Crippen LogP contribution >= 0.6 is 0 Å². The molecular weight excluding hydrogens is 362 g/mol. The van der Waals surface area contributed by atoms with Crippen molar-refractivity contribution in [1.29, 1.82) is 0 Å². The molecule has 0 amide bonds. The van der Waals surface area contributed by atoms with Crippen molar-refractivity contribution < 1.29 is 22.8 Å². The van der Waals surface area contributed by atoms with Gasteiger partial charge in [-0.15, -0.1) is 0 Å². The molecule has 2 aromatic carbocycles. The normalized spacial score (nSPS) is 13.2. The molecule has 1 aliphatic heterocycles. The first kappa shape index (κ1) is 17.7. The summed E-state index contributed by atoms with van der Waals surface area (Å²) in [5.41, 5.74) is 1.16. The molecule has 0 bridgehead atoms. The Morgan fingerprint density at radius 2 is 1.88 bits per heavy atom. The highest BCUT2D eigenvalue weighted by Gasteiger charge is 2.23. The van der Waals surface area contributed by atoms with Gasteiger partial charge in [0, 0.05) is 0 Å². The molecule has 26 heavy (non-hydrogen) atoms. The summed E-state index contributed by atoms with van der Waals surface area (Å²) in [5, 5.41) is 14.9. The smallest absolute Gasteiger partial charge is 0.282 e. The lowest BCUT2D eigenvalue weighted by atomic mass is 10.1.